The second-order valence-electron chi connectivity index (χ2n) is 6.10. The summed E-state index contributed by atoms with van der Waals surface area (Å²) >= 11 is 0. The quantitative estimate of drug-likeness (QED) is 0.718. The largest absolute Gasteiger partial charge is 0.469 e. The molecule has 0 amide bonds. The summed E-state index contributed by atoms with van der Waals surface area (Å²) in [5.74, 6) is 0.0171. The molecule has 0 aromatic carbocycles. The molecule has 120 valence electrons. The van der Waals surface area contributed by atoms with Crippen molar-refractivity contribution in [2.24, 2.45) is 5.92 Å². The highest BCUT2D eigenvalue weighted by Crippen LogP contribution is 2.27. The Kier molecular flexibility index (Phi) is 5.02. The van der Waals surface area contributed by atoms with Crippen LogP contribution in [0.3, 0.4) is 0 Å². The Labute approximate surface area is 131 Å². The Bertz CT molecular complexity index is 488. The maximum Gasteiger partial charge on any atom is 0.308 e. The van der Waals surface area contributed by atoms with Crippen molar-refractivity contribution < 1.29 is 9.53 Å². The molecule has 2 atom stereocenters. The van der Waals surface area contributed by atoms with Crippen LogP contribution < -0.4 is 16.2 Å². The maximum atomic E-state index is 11.6. The fraction of sp³-hybridized carbons (Fsp3) is 0.625. The molecule has 0 spiro atoms. The van der Waals surface area contributed by atoms with Crippen LogP contribution in [0.5, 0.6) is 0 Å². The van der Waals surface area contributed by atoms with Gasteiger partial charge in [0.05, 0.1) is 24.8 Å². The van der Waals surface area contributed by atoms with Crippen LogP contribution in [0.2, 0.25) is 0 Å². The standard InChI is InChI=1S/C16H24N4O2/c1-22-16(21)11-5-7-12(8-6-11)19-14-10-18-20-15(14)13-4-2-3-9-17-13/h2-4,9,11-12,14-15,18-20H,5-8,10H2,1H3. The number of carbonyl (C=O) groups is 1. The number of methoxy groups -OCH3 is 1. The van der Waals surface area contributed by atoms with Crippen LogP contribution in [0.1, 0.15) is 37.4 Å². The van der Waals surface area contributed by atoms with E-state index in [1.807, 2.05) is 24.4 Å². The van der Waals surface area contributed by atoms with Crippen molar-refractivity contribution in [1.82, 2.24) is 21.2 Å². The molecule has 1 saturated carbocycles. The monoisotopic (exact) mass is 304 g/mol. The summed E-state index contributed by atoms with van der Waals surface area (Å²) in [5.41, 5.74) is 7.57. The molecule has 6 heteroatoms. The van der Waals surface area contributed by atoms with Gasteiger partial charge in [0.25, 0.3) is 0 Å². The van der Waals surface area contributed by atoms with E-state index in [0.717, 1.165) is 37.9 Å². The van der Waals surface area contributed by atoms with Crippen molar-refractivity contribution in [3.8, 4) is 0 Å². The average Bonchev–Trinajstić information content (AvgIpc) is 3.04. The van der Waals surface area contributed by atoms with Gasteiger partial charge in [0.2, 0.25) is 0 Å². The second-order valence-corrected chi connectivity index (χ2v) is 6.10. The van der Waals surface area contributed by atoms with Gasteiger partial charge < -0.3 is 10.1 Å². The number of carbonyl (C=O) groups excluding carboxylic acids is 1. The van der Waals surface area contributed by atoms with Gasteiger partial charge in [0.1, 0.15) is 0 Å². The molecule has 1 aromatic heterocycles. The number of esters is 1. The van der Waals surface area contributed by atoms with E-state index in [9.17, 15) is 4.79 Å². The van der Waals surface area contributed by atoms with Gasteiger partial charge >= 0.3 is 5.97 Å². The molecule has 1 aliphatic heterocycles. The third kappa shape index (κ3) is 3.45. The molecule has 2 heterocycles. The van der Waals surface area contributed by atoms with Crippen LogP contribution in [0, 0.1) is 5.92 Å². The maximum absolute atomic E-state index is 11.6. The van der Waals surface area contributed by atoms with E-state index < -0.39 is 0 Å². The van der Waals surface area contributed by atoms with Gasteiger partial charge in [0.15, 0.2) is 0 Å². The van der Waals surface area contributed by atoms with Crippen LogP contribution in [-0.4, -0.2) is 36.7 Å². The highest BCUT2D eigenvalue weighted by Gasteiger charge is 2.33. The van der Waals surface area contributed by atoms with Crippen LogP contribution >= 0.6 is 0 Å². The van der Waals surface area contributed by atoms with E-state index in [1.54, 1.807) is 0 Å². The van der Waals surface area contributed by atoms with Crippen LogP contribution in [-0.2, 0) is 9.53 Å². The first-order chi connectivity index (χ1) is 10.8. The van der Waals surface area contributed by atoms with Gasteiger partial charge in [0, 0.05) is 24.8 Å². The first-order valence-corrected chi connectivity index (χ1v) is 8.01. The molecule has 2 unspecified atom stereocenters. The molecule has 6 nitrogen and oxygen atoms in total. The molecule has 3 N–H and O–H groups in total. The summed E-state index contributed by atoms with van der Waals surface area (Å²) in [6.07, 6.45) is 5.68. The number of pyridine rings is 1. The van der Waals surface area contributed by atoms with E-state index >= 15 is 0 Å². The number of hydrogen-bond acceptors (Lipinski definition) is 6. The van der Waals surface area contributed by atoms with Crippen molar-refractivity contribution >= 4 is 5.97 Å². The van der Waals surface area contributed by atoms with E-state index in [0.29, 0.717) is 12.1 Å². The number of ether oxygens (including phenoxy) is 1. The minimum Gasteiger partial charge on any atom is -0.469 e. The number of rotatable bonds is 4. The molecule has 3 rings (SSSR count). The molecule has 1 aliphatic carbocycles. The summed E-state index contributed by atoms with van der Waals surface area (Å²) in [6, 6.07) is 6.95. The fourth-order valence-corrected chi connectivity index (χ4v) is 3.46. The fourth-order valence-electron chi connectivity index (χ4n) is 3.46. The van der Waals surface area contributed by atoms with Crippen molar-refractivity contribution in [3.05, 3.63) is 30.1 Å². The van der Waals surface area contributed by atoms with Gasteiger partial charge in [-0.1, -0.05) is 6.07 Å². The smallest absolute Gasteiger partial charge is 0.308 e. The number of nitrogens with one attached hydrogen (secondary N) is 3. The number of hydrogen-bond donors (Lipinski definition) is 3. The Morgan fingerprint density at radius 2 is 2.14 bits per heavy atom. The summed E-state index contributed by atoms with van der Waals surface area (Å²) in [4.78, 5) is 16.0. The van der Waals surface area contributed by atoms with Crippen molar-refractivity contribution in [3.63, 3.8) is 0 Å². The van der Waals surface area contributed by atoms with E-state index in [2.05, 4.69) is 21.2 Å². The average molecular weight is 304 g/mol. The van der Waals surface area contributed by atoms with E-state index in [1.165, 1.54) is 7.11 Å². The van der Waals surface area contributed by atoms with Gasteiger partial charge in [-0.15, -0.1) is 0 Å². The van der Waals surface area contributed by atoms with Crippen LogP contribution in [0.15, 0.2) is 24.4 Å². The van der Waals surface area contributed by atoms with Crippen molar-refractivity contribution in [2.45, 2.75) is 43.8 Å². The molecule has 0 bridgehead atoms. The topological polar surface area (TPSA) is 75.3 Å². The normalized spacial score (nSPS) is 31.9. The molecule has 2 fully saturated rings. The molecule has 1 saturated heterocycles. The lowest BCUT2D eigenvalue weighted by Gasteiger charge is -2.31. The minimum absolute atomic E-state index is 0.0611. The molecule has 2 aliphatic rings. The Hall–Kier alpha value is -1.50. The first-order valence-electron chi connectivity index (χ1n) is 8.01. The first kappa shape index (κ1) is 15.4. The molecular formula is C16H24N4O2. The molecule has 22 heavy (non-hydrogen) atoms. The van der Waals surface area contributed by atoms with Gasteiger partial charge in [-0.3, -0.25) is 15.2 Å². The third-order valence-electron chi connectivity index (χ3n) is 4.70. The van der Waals surface area contributed by atoms with E-state index in [4.69, 9.17) is 4.74 Å². The number of nitrogens with zero attached hydrogens (tertiary/aromatic N) is 1. The highest BCUT2D eigenvalue weighted by molar-refractivity contribution is 5.72. The van der Waals surface area contributed by atoms with E-state index in [-0.39, 0.29) is 17.9 Å². The van der Waals surface area contributed by atoms with Gasteiger partial charge in [-0.2, -0.15) is 0 Å². The summed E-state index contributed by atoms with van der Waals surface area (Å²) in [6.45, 7) is 0.873. The second kappa shape index (κ2) is 7.17. The highest BCUT2D eigenvalue weighted by atomic mass is 16.5. The SMILES string of the molecule is COC(=O)C1CCC(NC2CNNC2c2ccccn2)CC1. The van der Waals surface area contributed by atoms with Gasteiger partial charge in [-0.05, 0) is 37.8 Å². The predicted molar refractivity (Wildman–Crippen MR) is 82.8 cm³/mol. The number of aromatic nitrogens is 1. The zero-order chi connectivity index (χ0) is 15.4. The lowest BCUT2D eigenvalue weighted by Crippen LogP contribution is -2.45. The molecule has 0 radical (unpaired) electrons. The van der Waals surface area contributed by atoms with Crippen molar-refractivity contribution in [2.75, 3.05) is 13.7 Å². The summed E-state index contributed by atoms with van der Waals surface area (Å²) in [5, 5.41) is 3.73. The summed E-state index contributed by atoms with van der Waals surface area (Å²) in [7, 11) is 1.47. The number of hydrazine groups is 1. The Balaban J connectivity index is 1.54. The lowest BCUT2D eigenvalue weighted by atomic mass is 9.85. The van der Waals surface area contributed by atoms with Crippen molar-refractivity contribution in [1.29, 1.82) is 0 Å². The van der Waals surface area contributed by atoms with Gasteiger partial charge in [-0.25, -0.2) is 5.43 Å². The van der Waals surface area contributed by atoms with Crippen LogP contribution in [0.25, 0.3) is 0 Å². The minimum atomic E-state index is -0.0611. The zero-order valence-electron chi connectivity index (χ0n) is 12.9. The Morgan fingerprint density at radius 3 is 2.82 bits per heavy atom. The Morgan fingerprint density at radius 1 is 1.32 bits per heavy atom. The third-order valence-corrected chi connectivity index (χ3v) is 4.70. The van der Waals surface area contributed by atoms with Crippen LogP contribution in [0.4, 0.5) is 0 Å². The zero-order valence-corrected chi connectivity index (χ0v) is 12.9. The summed E-state index contributed by atoms with van der Waals surface area (Å²) < 4.78 is 4.85. The lowest BCUT2D eigenvalue weighted by molar-refractivity contribution is -0.146. The molecule has 1 aromatic rings. The predicted octanol–water partition coefficient (Wildman–Crippen LogP) is 0.920. The molecular weight excluding hydrogens is 280 g/mol.